The van der Waals surface area contributed by atoms with E-state index in [1.165, 1.54) is 0 Å². The van der Waals surface area contributed by atoms with E-state index >= 15 is 0 Å². The van der Waals surface area contributed by atoms with E-state index in [9.17, 15) is 4.79 Å². The SMILES string of the molecule is COc1ccc(CN2CCNC2=O)cc1-c1cccc(NO)c1. The van der Waals surface area contributed by atoms with Gasteiger partial charge in [-0.3, -0.25) is 10.7 Å². The Balaban J connectivity index is 1.94. The first-order valence-electron chi connectivity index (χ1n) is 7.41. The maximum absolute atomic E-state index is 11.7. The fourth-order valence-electron chi connectivity index (χ4n) is 2.72. The number of methoxy groups -OCH3 is 1. The van der Waals surface area contributed by atoms with Gasteiger partial charge in [0, 0.05) is 25.2 Å². The molecule has 0 aromatic heterocycles. The molecule has 2 amide bonds. The van der Waals surface area contributed by atoms with E-state index in [0.717, 1.165) is 22.4 Å². The predicted octanol–water partition coefficient (Wildman–Crippen LogP) is 2.69. The molecular formula is C17H19N3O3. The summed E-state index contributed by atoms with van der Waals surface area (Å²) in [6.45, 7) is 1.96. The summed E-state index contributed by atoms with van der Waals surface area (Å²) >= 11 is 0. The maximum atomic E-state index is 11.7. The molecule has 23 heavy (non-hydrogen) atoms. The van der Waals surface area contributed by atoms with Gasteiger partial charge in [-0.2, -0.15) is 0 Å². The van der Waals surface area contributed by atoms with E-state index in [-0.39, 0.29) is 6.03 Å². The zero-order valence-electron chi connectivity index (χ0n) is 12.9. The minimum absolute atomic E-state index is 0.0335. The number of nitrogens with one attached hydrogen (secondary N) is 2. The largest absolute Gasteiger partial charge is 0.496 e. The molecule has 2 aromatic carbocycles. The van der Waals surface area contributed by atoms with E-state index in [2.05, 4.69) is 10.8 Å². The Kier molecular flexibility index (Phi) is 4.34. The fourth-order valence-corrected chi connectivity index (χ4v) is 2.72. The van der Waals surface area contributed by atoms with Crippen molar-refractivity contribution in [1.29, 1.82) is 0 Å². The summed E-state index contributed by atoms with van der Waals surface area (Å²) in [6.07, 6.45) is 0. The topological polar surface area (TPSA) is 73.8 Å². The molecule has 120 valence electrons. The average Bonchev–Trinajstić information content (AvgIpc) is 2.99. The van der Waals surface area contributed by atoms with Crippen molar-refractivity contribution in [2.24, 2.45) is 0 Å². The van der Waals surface area contributed by atoms with Crippen molar-refractivity contribution in [1.82, 2.24) is 10.2 Å². The van der Waals surface area contributed by atoms with Crippen LogP contribution < -0.4 is 15.5 Å². The molecule has 3 rings (SSSR count). The molecule has 1 heterocycles. The number of amides is 2. The van der Waals surface area contributed by atoms with Crippen molar-refractivity contribution < 1.29 is 14.7 Å². The lowest BCUT2D eigenvalue weighted by molar-refractivity contribution is 0.215. The highest BCUT2D eigenvalue weighted by Crippen LogP contribution is 2.32. The Morgan fingerprint density at radius 1 is 1.30 bits per heavy atom. The molecule has 0 radical (unpaired) electrons. The van der Waals surface area contributed by atoms with E-state index in [4.69, 9.17) is 9.94 Å². The van der Waals surface area contributed by atoms with Crippen molar-refractivity contribution in [2.45, 2.75) is 6.54 Å². The molecule has 1 saturated heterocycles. The van der Waals surface area contributed by atoms with Gasteiger partial charge < -0.3 is 15.0 Å². The third-order valence-corrected chi connectivity index (χ3v) is 3.89. The standard InChI is InChI=1S/C17H19N3O3/c1-23-16-6-5-12(11-20-8-7-18-17(20)21)9-15(16)13-3-2-4-14(10-13)19-22/h2-6,9-10,19,22H,7-8,11H2,1H3,(H,18,21). The lowest BCUT2D eigenvalue weighted by Gasteiger charge is -2.16. The second kappa shape index (κ2) is 6.58. The molecule has 0 saturated carbocycles. The first-order valence-corrected chi connectivity index (χ1v) is 7.41. The van der Waals surface area contributed by atoms with Crippen molar-refractivity contribution in [3.63, 3.8) is 0 Å². The minimum Gasteiger partial charge on any atom is -0.496 e. The molecular weight excluding hydrogens is 294 g/mol. The van der Waals surface area contributed by atoms with Gasteiger partial charge in [-0.05, 0) is 35.4 Å². The van der Waals surface area contributed by atoms with Gasteiger partial charge in [-0.15, -0.1) is 0 Å². The number of nitrogens with zero attached hydrogens (tertiary/aromatic N) is 1. The highest BCUT2D eigenvalue weighted by molar-refractivity contribution is 5.77. The molecule has 6 nitrogen and oxygen atoms in total. The van der Waals surface area contributed by atoms with Crippen LogP contribution in [0.3, 0.4) is 0 Å². The van der Waals surface area contributed by atoms with Gasteiger partial charge in [-0.1, -0.05) is 18.2 Å². The molecule has 0 aliphatic carbocycles. The van der Waals surface area contributed by atoms with Crippen LogP contribution in [0.25, 0.3) is 11.1 Å². The van der Waals surface area contributed by atoms with Crippen LogP contribution in [-0.2, 0) is 6.54 Å². The molecule has 1 fully saturated rings. The molecule has 0 spiro atoms. The number of hydrogen-bond acceptors (Lipinski definition) is 4. The molecule has 3 N–H and O–H groups in total. The Morgan fingerprint density at radius 2 is 2.17 bits per heavy atom. The zero-order valence-corrected chi connectivity index (χ0v) is 12.9. The summed E-state index contributed by atoms with van der Waals surface area (Å²) in [7, 11) is 1.63. The van der Waals surface area contributed by atoms with Crippen LogP contribution in [-0.4, -0.2) is 36.3 Å². The van der Waals surface area contributed by atoms with Gasteiger partial charge in [-0.25, -0.2) is 4.79 Å². The molecule has 1 aliphatic rings. The Bertz CT molecular complexity index is 718. The van der Waals surface area contributed by atoms with Gasteiger partial charge in [0.1, 0.15) is 5.75 Å². The lowest BCUT2D eigenvalue weighted by atomic mass is 10.0. The van der Waals surface area contributed by atoms with E-state index in [1.54, 1.807) is 18.1 Å². The molecule has 0 bridgehead atoms. The average molecular weight is 313 g/mol. The number of urea groups is 1. The van der Waals surface area contributed by atoms with Crippen molar-refractivity contribution in [2.75, 3.05) is 25.7 Å². The summed E-state index contributed by atoms with van der Waals surface area (Å²) in [5.41, 5.74) is 5.63. The smallest absolute Gasteiger partial charge is 0.317 e. The van der Waals surface area contributed by atoms with Gasteiger partial charge >= 0.3 is 6.03 Å². The normalized spacial score (nSPS) is 13.8. The van der Waals surface area contributed by atoms with Crippen LogP contribution >= 0.6 is 0 Å². The van der Waals surface area contributed by atoms with E-state index in [0.29, 0.717) is 25.3 Å². The summed E-state index contributed by atoms with van der Waals surface area (Å²) in [4.78, 5) is 13.5. The third-order valence-electron chi connectivity index (χ3n) is 3.89. The second-order valence-electron chi connectivity index (χ2n) is 5.38. The van der Waals surface area contributed by atoms with Crippen LogP contribution in [0.5, 0.6) is 5.75 Å². The summed E-state index contributed by atoms with van der Waals surface area (Å²) in [5.74, 6) is 0.745. The van der Waals surface area contributed by atoms with Gasteiger partial charge in [0.2, 0.25) is 0 Å². The fraction of sp³-hybridized carbons (Fsp3) is 0.235. The van der Waals surface area contributed by atoms with Crippen LogP contribution in [0, 0.1) is 0 Å². The van der Waals surface area contributed by atoms with Gasteiger partial charge in [0.05, 0.1) is 12.8 Å². The van der Waals surface area contributed by atoms with Crippen molar-refractivity contribution in [3.8, 4) is 16.9 Å². The monoisotopic (exact) mass is 313 g/mol. The van der Waals surface area contributed by atoms with E-state index in [1.807, 2.05) is 36.4 Å². The molecule has 6 heteroatoms. The summed E-state index contributed by atoms with van der Waals surface area (Å²) in [6, 6.07) is 13.3. The number of ether oxygens (including phenoxy) is 1. The minimum atomic E-state index is -0.0335. The Morgan fingerprint density at radius 3 is 2.87 bits per heavy atom. The first-order chi connectivity index (χ1) is 11.2. The molecule has 0 unspecified atom stereocenters. The number of anilines is 1. The number of carbonyl (C=O) groups excluding carboxylic acids is 1. The van der Waals surface area contributed by atoms with Crippen molar-refractivity contribution >= 4 is 11.7 Å². The Labute approximate surface area is 134 Å². The molecule has 1 aliphatic heterocycles. The summed E-state index contributed by atoms with van der Waals surface area (Å²) < 4.78 is 5.44. The van der Waals surface area contributed by atoms with Crippen LogP contribution in [0.4, 0.5) is 10.5 Å². The van der Waals surface area contributed by atoms with Crippen LogP contribution in [0.2, 0.25) is 0 Å². The maximum Gasteiger partial charge on any atom is 0.317 e. The predicted molar refractivity (Wildman–Crippen MR) is 87.6 cm³/mol. The second-order valence-corrected chi connectivity index (χ2v) is 5.38. The lowest BCUT2D eigenvalue weighted by Crippen LogP contribution is -2.27. The number of carbonyl (C=O) groups is 1. The number of hydrogen-bond donors (Lipinski definition) is 3. The molecule has 2 aromatic rings. The highest BCUT2D eigenvalue weighted by Gasteiger charge is 2.20. The third kappa shape index (κ3) is 3.22. The van der Waals surface area contributed by atoms with Crippen molar-refractivity contribution in [3.05, 3.63) is 48.0 Å². The first kappa shape index (κ1) is 15.2. The quantitative estimate of drug-likeness (QED) is 0.742. The van der Waals surface area contributed by atoms with Crippen LogP contribution in [0.1, 0.15) is 5.56 Å². The molecule has 0 atom stereocenters. The van der Waals surface area contributed by atoms with E-state index < -0.39 is 0 Å². The summed E-state index contributed by atoms with van der Waals surface area (Å²) in [5, 5.41) is 11.9. The zero-order chi connectivity index (χ0) is 16.2. The number of benzene rings is 2. The number of rotatable bonds is 5. The van der Waals surface area contributed by atoms with Crippen LogP contribution in [0.15, 0.2) is 42.5 Å². The Hall–Kier alpha value is -2.73. The van der Waals surface area contributed by atoms with Gasteiger partial charge in [0.15, 0.2) is 0 Å². The highest BCUT2D eigenvalue weighted by atomic mass is 16.5. The van der Waals surface area contributed by atoms with Gasteiger partial charge in [0.25, 0.3) is 0 Å².